The molecule has 2 aromatic rings. The number of carboxylic acid groups (broad SMARTS) is 1. The third-order valence-electron chi connectivity index (χ3n) is 4.66. The minimum absolute atomic E-state index is 0.0614. The molecule has 0 aromatic heterocycles. The highest BCUT2D eigenvalue weighted by atomic mass is 16.5. The number of aliphatic carboxylic acids is 1. The maximum atomic E-state index is 12.3. The van der Waals surface area contributed by atoms with Crippen LogP contribution in [0.15, 0.2) is 54.6 Å². The Morgan fingerprint density at radius 1 is 1.00 bits per heavy atom. The van der Waals surface area contributed by atoms with Gasteiger partial charge in [-0.05, 0) is 49.6 Å². The van der Waals surface area contributed by atoms with Gasteiger partial charge in [-0.25, -0.2) is 4.79 Å². The van der Waals surface area contributed by atoms with Crippen molar-refractivity contribution in [2.24, 2.45) is 0 Å². The van der Waals surface area contributed by atoms with Gasteiger partial charge in [0.15, 0.2) is 18.1 Å². The largest absolute Gasteiger partial charge is 0.489 e. The van der Waals surface area contributed by atoms with Crippen LogP contribution >= 0.6 is 0 Å². The first-order chi connectivity index (χ1) is 14.4. The van der Waals surface area contributed by atoms with Crippen molar-refractivity contribution in [1.82, 2.24) is 4.90 Å². The van der Waals surface area contributed by atoms with Crippen LogP contribution in [0.4, 0.5) is 0 Å². The van der Waals surface area contributed by atoms with E-state index >= 15 is 0 Å². The lowest BCUT2D eigenvalue weighted by Gasteiger charge is -2.17. The quantitative estimate of drug-likeness (QED) is 0.565. The smallest absolute Gasteiger partial charge is 0.341 e. The van der Waals surface area contributed by atoms with E-state index < -0.39 is 12.6 Å². The molecule has 0 aliphatic carbocycles. The molecule has 0 saturated heterocycles. The summed E-state index contributed by atoms with van der Waals surface area (Å²) in [6.45, 7) is 6.95. The number of ether oxygens (including phenoxy) is 2. The molecule has 0 aliphatic heterocycles. The van der Waals surface area contributed by atoms with Crippen LogP contribution < -0.4 is 9.47 Å². The fourth-order valence-electron chi connectivity index (χ4n) is 2.94. The molecule has 30 heavy (non-hydrogen) atoms. The van der Waals surface area contributed by atoms with Crippen molar-refractivity contribution in [1.29, 1.82) is 0 Å². The number of allylic oxidation sites excluding steroid dienone is 1. The summed E-state index contributed by atoms with van der Waals surface area (Å²) >= 11 is 0. The zero-order valence-corrected chi connectivity index (χ0v) is 17.8. The number of rotatable bonds is 11. The van der Waals surface area contributed by atoms with Crippen LogP contribution in [0.3, 0.4) is 0 Å². The molecule has 0 fully saturated rings. The van der Waals surface area contributed by atoms with Gasteiger partial charge in [0.2, 0.25) is 5.91 Å². The van der Waals surface area contributed by atoms with E-state index in [1.807, 2.05) is 57.2 Å². The molecule has 1 amide bonds. The Hall–Kier alpha value is -3.28. The fraction of sp³-hybridized carbons (Fsp3) is 0.333. The topological polar surface area (TPSA) is 76.1 Å². The van der Waals surface area contributed by atoms with Crippen molar-refractivity contribution >= 4 is 17.4 Å². The molecule has 0 saturated carbocycles. The van der Waals surface area contributed by atoms with Crippen molar-refractivity contribution in [2.75, 3.05) is 26.3 Å². The number of amides is 1. The maximum absolute atomic E-state index is 12.3. The van der Waals surface area contributed by atoms with E-state index in [9.17, 15) is 9.59 Å². The molecule has 0 atom stereocenters. The first-order valence-electron chi connectivity index (χ1n) is 10.1. The summed E-state index contributed by atoms with van der Waals surface area (Å²) in [5.41, 5.74) is 2.69. The molecule has 0 unspecified atom stereocenters. The molecule has 2 aromatic carbocycles. The second-order valence-electron chi connectivity index (χ2n) is 6.77. The summed E-state index contributed by atoms with van der Waals surface area (Å²) < 4.78 is 11.3. The van der Waals surface area contributed by atoms with E-state index in [1.54, 1.807) is 23.1 Å². The highest BCUT2D eigenvalue weighted by Crippen LogP contribution is 2.31. The second kappa shape index (κ2) is 11.7. The van der Waals surface area contributed by atoms with Gasteiger partial charge in [0.1, 0.15) is 0 Å². The number of benzene rings is 2. The Morgan fingerprint density at radius 2 is 1.70 bits per heavy atom. The normalized spacial score (nSPS) is 11.1. The molecule has 0 radical (unpaired) electrons. The van der Waals surface area contributed by atoms with Crippen molar-refractivity contribution < 1.29 is 24.2 Å². The molecule has 6 nitrogen and oxygen atoms in total. The highest BCUT2D eigenvalue weighted by molar-refractivity contribution is 5.95. The molecule has 6 heteroatoms. The minimum Gasteiger partial charge on any atom is -0.489 e. The lowest BCUT2D eigenvalue weighted by molar-refractivity contribution is -0.139. The Morgan fingerprint density at radius 3 is 2.33 bits per heavy atom. The van der Waals surface area contributed by atoms with Gasteiger partial charge in [-0.2, -0.15) is 0 Å². The maximum Gasteiger partial charge on any atom is 0.341 e. The molecule has 2 rings (SSSR count). The minimum atomic E-state index is -1.07. The fourth-order valence-corrected chi connectivity index (χ4v) is 2.94. The number of likely N-dealkylation sites (N-methyl/N-ethyl adjacent to an activating group) is 1. The van der Waals surface area contributed by atoms with E-state index in [1.165, 1.54) is 0 Å². The van der Waals surface area contributed by atoms with Gasteiger partial charge in [-0.3, -0.25) is 4.79 Å². The van der Waals surface area contributed by atoms with Crippen LogP contribution in [0, 0.1) is 0 Å². The zero-order chi connectivity index (χ0) is 21.9. The molecule has 160 valence electrons. The van der Waals surface area contributed by atoms with E-state index in [2.05, 4.69) is 0 Å². The standard InChI is InChI=1S/C24H29NO5/c1-4-25(5-2)23(26)15-18(3)20-11-12-21(22(16-20)30-17-24(27)28)29-14-13-19-9-7-6-8-10-19/h6-12,15-16H,4-5,13-14,17H2,1-3H3,(H,27,28)/b18-15-. The van der Waals surface area contributed by atoms with E-state index in [0.717, 1.165) is 23.1 Å². The van der Waals surface area contributed by atoms with Gasteiger partial charge in [-0.15, -0.1) is 0 Å². The molecular weight excluding hydrogens is 382 g/mol. The van der Waals surface area contributed by atoms with Crippen LogP contribution in [-0.4, -0.2) is 48.2 Å². The van der Waals surface area contributed by atoms with Crippen LogP contribution in [0.5, 0.6) is 11.5 Å². The van der Waals surface area contributed by atoms with Crippen molar-refractivity contribution in [3.63, 3.8) is 0 Å². The summed E-state index contributed by atoms with van der Waals surface area (Å²) in [5.74, 6) is -0.321. The first-order valence-corrected chi connectivity index (χ1v) is 10.1. The van der Waals surface area contributed by atoms with Gasteiger partial charge in [0.05, 0.1) is 6.61 Å². The lowest BCUT2D eigenvalue weighted by Crippen LogP contribution is -2.28. The third kappa shape index (κ3) is 6.95. The number of carbonyl (C=O) groups excluding carboxylic acids is 1. The summed E-state index contributed by atoms with van der Waals surface area (Å²) in [5, 5.41) is 8.98. The number of hydrogen-bond donors (Lipinski definition) is 1. The summed E-state index contributed by atoms with van der Waals surface area (Å²) in [7, 11) is 0. The van der Waals surface area contributed by atoms with Crippen LogP contribution in [0.25, 0.3) is 5.57 Å². The molecule has 0 aliphatic rings. The van der Waals surface area contributed by atoms with Crippen LogP contribution in [-0.2, 0) is 16.0 Å². The molecule has 0 bridgehead atoms. The molecule has 0 heterocycles. The number of carbonyl (C=O) groups is 2. The number of nitrogens with zero attached hydrogens (tertiary/aromatic N) is 1. The molecular formula is C24H29NO5. The van der Waals surface area contributed by atoms with Crippen molar-refractivity contribution in [3.05, 3.63) is 65.7 Å². The van der Waals surface area contributed by atoms with Gasteiger partial charge in [0, 0.05) is 25.6 Å². The summed E-state index contributed by atoms with van der Waals surface area (Å²) in [6.07, 6.45) is 2.30. The van der Waals surface area contributed by atoms with Crippen LogP contribution in [0.1, 0.15) is 31.9 Å². The Balaban J connectivity index is 2.17. The van der Waals surface area contributed by atoms with Crippen molar-refractivity contribution in [2.45, 2.75) is 27.2 Å². The predicted molar refractivity (Wildman–Crippen MR) is 117 cm³/mol. The average molecular weight is 411 g/mol. The van der Waals surface area contributed by atoms with Gasteiger partial charge >= 0.3 is 5.97 Å². The number of hydrogen-bond acceptors (Lipinski definition) is 4. The Labute approximate surface area is 177 Å². The zero-order valence-electron chi connectivity index (χ0n) is 17.8. The lowest BCUT2D eigenvalue weighted by atomic mass is 10.1. The van der Waals surface area contributed by atoms with Gasteiger partial charge < -0.3 is 19.5 Å². The van der Waals surface area contributed by atoms with Gasteiger partial charge in [-0.1, -0.05) is 36.4 Å². The first kappa shape index (κ1) is 23.0. The highest BCUT2D eigenvalue weighted by Gasteiger charge is 2.12. The Bertz CT molecular complexity index is 872. The summed E-state index contributed by atoms with van der Waals surface area (Å²) in [6, 6.07) is 15.2. The third-order valence-corrected chi connectivity index (χ3v) is 4.66. The predicted octanol–water partition coefficient (Wildman–Crippen LogP) is 4.04. The molecule has 0 spiro atoms. The summed E-state index contributed by atoms with van der Waals surface area (Å²) in [4.78, 5) is 25.0. The van der Waals surface area contributed by atoms with Gasteiger partial charge in [0.25, 0.3) is 0 Å². The van der Waals surface area contributed by atoms with E-state index in [-0.39, 0.29) is 5.91 Å². The van der Waals surface area contributed by atoms with E-state index in [4.69, 9.17) is 14.6 Å². The van der Waals surface area contributed by atoms with E-state index in [0.29, 0.717) is 31.2 Å². The molecule has 1 N–H and O–H groups in total. The number of carboxylic acids is 1. The second-order valence-corrected chi connectivity index (χ2v) is 6.77. The Kier molecular flexibility index (Phi) is 8.94. The average Bonchev–Trinajstić information content (AvgIpc) is 2.74. The monoisotopic (exact) mass is 411 g/mol. The SMILES string of the molecule is CCN(CC)C(=O)/C=C(/C)c1ccc(OCCc2ccccc2)c(OCC(=O)O)c1. The van der Waals surface area contributed by atoms with Crippen LogP contribution in [0.2, 0.25) is 0 Å². The van der Waals surface area contributed by atoms with Crippen molar-refractivity contribution in [3.8, 4) is 11.5 Å².